The first-order valence-electron chi connectivity index (χ1n) is 4.92. The van der Waals surface area contributed by atoms with Crippen LogP contribution in [0.2, 0.25) is 18.1 Å². The third-order valence-electron chi connectivity index (χ3n) is 2.71. The topological polar surface area (TPSA) is 21.6 Å². The summed E-state index contributed by atoms with van der Waals surface area (Å²) in [4.78, 5) is 3.90. The molecule has 14 heavy (non-hydrogen) atoms. The number of nitrogens with zero attached hydrogens (tertiary/aromatic N) is 1. The summed E-state index contributed by atoms with van der Waals surface area (Å²) >= 11 is 4.52. The van der Waals surface area contributed by atoms with Gasteiger partial charge in [-0.05, 0) is 37.3 Å². The molecule has 0 aromatic carbocycles. The van der Waals surface area contributed by atoms with Crippen LogP contribution in [0.25, 0.3) is 0 Å². The molecule has 0 rings (SSSR count). The van der Waals surface area contributed by atoms with Crippen LogP contribution in [0.5, 0.6) is 0 Å². The lowest BCUT2D eigenvalue weighted by atomic mass is 10.2. The Balaban J connectivity index is 4.28. The molecule has 1 atom stereocenters. The third kappa shape index (κ3) is 4.47. The van der Waals surface area contributed by atoms with E-state index in [9.17, 15) is 0 Å². The lowest BCUT2D eigenvalue weighted by Crippen LogP contribution is -2.43. The van der Waals surface area contributed by atoms with Crippen molar-refractivity contribution in [2.75, 3.05) is 6.54 Å². The van der Waals surface area contributed by atoms with Crippen LogP contribution in [0.4, 0.5) is 0 Å². The molecule has 0 spiro atoms. The zero-order valence-electron chi connectivity index (χ0n) is 10.0. The second kappa shape index (κ2) is 5.17. The van der Waals surface area contributed by atoms with E-state index in [1.807, 2.05) is 6.92 Å². The van der Waals surface area contributed by atoms with Crippen molar-refractivity contribution in [3.8, 4) is 0 Å². The van der Waals surface area contributed by atoms with Crippen molar-refractivity contribution in [3.05, 3.63) is 0 Å². The second-order valence-electron chi connectivity index (χ2n) is 5.12. The summed E-state index contributed by atoms with van der Waals surface area (Å²) in [6.45, 7) is 13.8. The molecule has 0 aliphatic carbocycles. The Bertz CT molecular complexity index is 229. The first-order chi connectivity index (χ1) is 6.20. The minimum Gasteiger partial charge on any atom is -0.412 e. The first-order valence-corrected chi connectivity index (χ1v) is 8.24. The van der Waals surface area contributed by atoms with Crippen molar-refractivity contribution in [2.24, 2.45) is 4.99 Å². The van der Waals surface area contributed by atoms with E-state index in [0.29, 0.717) is 6.54 Å². The zero-order valence-corrected chi connectivity index (χ0v) is 11.9. The van der Waals surface area contributed by atoms with Crippen LogP contribution in [0.15, 0.2) is 4.99 Å². The van der Waals surface area contributed by atoms with E-state index in [0.717, 1.165) is 0 Å². The molecular weight excluding hydrogens is 210 g/mol. The predicted octanol–water partition coefficient (Wildman–Crippen LogP) is 3.50. The van der Waals surface area contributed by atoms with Crippen molar-refractivity contribution in [2.45, 2.75) is 51.9 Å². The maximum atomic E-state index is 6.06. The molecule has 0 radical (unpaired) electrons. The molecule has 0 bridgehead atoms. The molecule has 0 heterocycles. The summed E-state index contributed by atoms with van der Waals surface area (Å²) in [7, 11) is -1.64. The molecular formula is C10H21NOSSi. The van der Waals surface area contributed by atoms with Gasteiger partial charge in [-0.1, -0.05) is 20.8 Å². The van der Waals surface area contributed by atoms with Crippen molar-refractivity contribution < 1.29 is 4.43 Å². The SMILES string of the molecule is C[C@H](CN=C=S)O[Si](C)(C)C(C)(C)C. The molecule has 4 heteroatoms. The molecule has 0 aliphatic heterocycles. The van der Waals surface area contributed by atoms with Gasteiger partial charge in [-0.15, -0.1) is 0 Å². The number of thiocarbonyl (C=S) groups is 1. The average molecular weight is 231 g/mol. The van der Waals surface area contributed by atoms with Gasteiger partial charge in [0.2, 0.25) is 0 Å². The van der Waals surface area contributed by atoms with Gasteiger partial charge >= 0.3 is 0 Å². The standard InChI is InChI=1S/C10H21NOSSi/c1-9(7-11-8-13)12-14(5,6)10(2,3)4/h9H,7H2,1-6H3/t9-/m1/s1. The summed E-state index contributed by atoms with van der Waals surface area (Å²) < 4.78 is 6.06. The highest BCUT2D eigenvalue weighted by Gasteiger charge is 2.38. The number of isothiocyanates is 1. The summed E-state index contributed by atoms with van der Waals surface area (Å²) in [5.74, 6) is 0. The number of hydrogen-bond acceptors (Lipinski definition) is 3. The van der Waals surface area contributed by atoms with Gasteiger partial charge < -0.3 is 4.43 Å². The average Bonchev–Trinajstić information content (AvgIpc) is 1.97. The van der Waals surface area contributed by atoms with E-state index in [1.165, 1.54) is 0 Å². The van der Waals surface area contributed by atoms with Gasteiger partial charge in [0.1, 0.15) is 0 Å². The Hall–Kier alpha value is -0.0231. The summed E-state index contributed by atoms with van der Waals surface area (Å²) in [5, 5.41) is 2.62. The van der Waals surface area contributed by atoms with Crippen molar-refractivity contribution in [1.82, 2.24) is 0 Å². The smallest absolute Gasteiger partial charge is 0.192 e. The van der Waals surface area contributed by atoms with Crippen LogP contribution in [-0.4, -0.2) is 26.1 Å². The Morgan fingerprint density at radius 1 is 1.43 bits per heavy atom. The monoisotopic (exact) mass is 231 g/mol. The summed E-state index contributed by atoms with van der Waals surface area (Å²) in [6, 6.07) is 0. The molecule has 0 N–H and O–H groups in total. The Morgan fingerprint density at radius 3 is 2.29 bits per heavy atom. The third-order valence-corrected chi connectivity index (χ3v) is 7.45. The van der Waals surface area contributed by atoms with Crippen LogP contribution in [0, 0.1) is 0 Å². The minimum absolute atomic E-state index is 0.145. The fraction of sp³-hybridized carbons (Fsp3) is 0.900. The second-order valence-corrected chi connectivity index (χ2v) is 10.1. The highest BCUT2D eigenvalue weighted by atomic mass is 32.1. The lowest BCUT2D eigenvalue weighted by molar-refractivity contribution is 0.207. The summed E-state index contributed by atoms with van der Waals surface area (Å²) in [6.07, 6.45) is 0.145. The van der Waals surface area contributed by atoms with Crippen LogP contribution in [0.1, 0.15) is 27.7 Å². The fourth-order valence-corrected chi connectivity index (χ4v) is 2.39. The van der Waals surface area contributed by atoms with Gasteiger partial charge in [-0.25, -0.2) is 4.99 Å². The predicted molar refractivity (Wildman–Crippen MR) is 67.6 cm³/mol. The largest absolute Gasteiger partial charge is 0.412 e. The molecule has 0 saturated heterocycles. The fourth-order valence-electron chi connectivity index (χ4n) is 0.883. The Kier molecular flexibility index (Phi) is 5.16. The molecule has 2 nitrogen and oxygen atoms in total. The first kappa shape index (κ1) is 14.0. The Morgan fingerprint density at radius 2 is 1.93 bits per heavy atom. The highest BCUT2D eigenvalue weighted by molar-refractivity contribution is 7.78. The number of rotatable bonds is 4. The zero-order chi connectivity index (χ0) is 11.4. The molecule has 0 unspecified atom stereocenters. The molecule has 0 fully saturated rings. The van der Waals surface area contributed by atoms with Gasteiger partial charge in [0.05, 0.1) is 17.8 Å². The van der Waals surface area contributed by atoms with E-state index in [-0.39, 0.29) is 11.1 Å². The maximum absolute atomic E-state index is 6.06. The molecule has 82 valence electrons. The van der Waals surface area contributed by atoms with Crippen LogP contribution >= 0.6 is 12.2 Å². The van der Waals surface area contributed by atoms with Crippen molar-refractivity contribution in [1.29, 1.82) is 0 Å². The molecule has 0 saturated carbocycles. The van der Waals surface area contributed by atoms with Crippen molar-refractivity contribution in [3.63, 3.8) is 0 Å². The van der Waals surface area contributed by atoms with Crippen LogP contribution in [0.3, 0.4) is 0 Å². The Labute approximate surface area is 93.9 Å². The van der Waals surface area contributed by atoms with Gasteiger partial charge in [-0.2, -0.15) is 0 Å². The van der Waals surface area contributed by atoms with E-state index >= 15 is 0 Å². The van der Waals surface area contributed by atoms with Gasteiger partial charge in [-0.3, -0.25) is 0 Å². The summed E-state index contributed by atoms with van der Waals surface area (Å²) in [5.41, 5.74) is 0. The van der Waals surface area contributed by atoms with E-state index in [1.54, 1.807) is 0 Å². The van der Waals surface area contributed by atoms with Gasteiger partial charge in [0.25, 0.3) is 0 Å². The maximum Gasteiger partial charge on any atom is 0.192 e. The van der Waals surface area contributed by atoms with E-state index in [4.69, 9.17) is 4.43 Å². The molecule has 0 amide bonds. The van der Waals surface area contributed by atoms with Crippen LogP contribution in [-0.2, 0) is 4.43 Å². The molecule has 0 aliphatic rings. The number of hydrogen-bond donors (Lipinski definition) is 0. The minimum atomic E-state index is -1.64. The quantitative estimate of drug-likeness (QED) is 0.419. The van der Waals surface area contributed by atoms with Crippen LogP contribution < -0.4 is 0 Å². The van der Waals surface area contributed by atoms with Gasteiger partial charge in [0, 0.05) is 0 Å². The molecule has 0 aromatic rings. The van der Waals surface area contributed by atoms with E-state index in [2.05, 4.69) is 56.2 Å². The highest BCUT2D eigenvalue weighted by Crippen LogP contribution is 2.37. The number of aliphatic imine (C=N–C) groups is 1. The lowest BCUT2D eigenvalue weighted by Gasteiger charge is -2.38. The van der Waals surface area contributed by atoms with Crippen molar-refractivity contribution >= 4 is 25.7 Å². The van der Waals surface area contributed by atoms with Gasteiger partial charge in [0.15, 0.2) is 8.32 Å². The molecule has 0 aromatic heterocycles. The normalized spacial score (nSPS) is 14.7. The van der Waals surface area contributed by atoms with E-state index < -0.39 is 8.32 Å².